The van der Waals surface area contributed by atoms with Crippen LogP contribution in [-0.2, 0) is 14.3 Å². The van der Waals surface area contributed by atoms with Gasteiger partial charge in [-0.25, -0.2) is 0 Å². The van der Waals surface area contributed by atoms with Gasteiger partial charge in [-0.05, 0) is 26.2 Å². The van der Waals surface area contributed by atoms with E-state index in [9.17, 15) is 9.59 Å². The zero-order valence-electron chi connectivity index (χ0n) is 8.08. The quantitative estimate of drug-likeness (QED) is 0.480. The van der Waals surface area contributed by atoms with E-state index in [1.54, 1.807) is 7.11 Å². The van der Waals surface area contributed by atoms with E-state index in [-0.39, 0.29) is 5.78 Å². The third-order valence-electron chi connectivity index (χ3n) is 1.88. The van der Waals surface area contributed by atoms with E-state index >= 15 is 0 Å². The first-order valence-electron chi connectivity index (χ1n) is 4.31. The van der Waals surface area contributed by atoms with E-state index in [4.69, 9.17) is 9.84 Å². The lowest BCUT2D eigenvalue weighted by Gasteiger charge is -2.07. The molecule has 76 valence electrons. The van der Waals surface area contributed by atoms with E-state index in [1.165, 1.54) is 6.92 Å². The van der Waals surface area contributed by atoms with Gasteiger partial charge in [0.2, 0.25) is 0 Å². The Balaban J connectivity index is 3.71. The van der Waals surface area contributed by atoms with Crippen LogP contribution < -0.4 is 0 Å². The van der Waals surface area contributed by atoms with Gasteiger partial charge in [-0.3, -0.25) is 9.59 Å². The molecule has 1 unspecified atom stereocenters. The lowest BCUT2D eigenvalue weighted by molar-refractivity contribution is -0.146. The SMILES string of the molecule is COCCCCC(C(C)=O)C(=O)O. The molecule has 0 radical (unpaired) electrons. The van der Waals surface area contributed by atoms with Crippen LogP contribution in [0.1, 0.15) is 26.2 Å². The highest BCUT2D eigenvalue weighted by Crippen LogP contribution is 2.09. The normalized spacial score (nSPS) is 12.5. The second-order valence-corrected chi connectivity index (χ2v) is 2.99. The molecular formula is C9H16O4. The van der Waals surface area contributed by atoms with Crippen molar-refractivity contribution in [2.24, 2.45) is 5.92 Å². The van der Waals surface area contributed by atoms with Gasteiger partial charge in [-0.1, -0.05) is 0 Å². The van der Waals surface area contributed by atoms with Crippen LogP contribution in [0.15, 0.2) is 0 Å². The molecule has 0 aliphatic rings. The van der Waals surface area contributed by atoms with Crippen LogP contribution in [0.5, 0.6) is 0 Å². The molecule has 0 aliphatic carbocycles. The van der Waals surface area contributed by atoms with E-state index < -0.39 is 11.9 Å². The van der Waals surface area contributed by atoms with Gasteiger partial charge in [0.1, 0.15) is 11.7 Å². The molecule has 0 saturated heterocycles. The summed E-state index contributed by atoms with van der Waals surface area (Å²) in [6, 6.07) is 0. The van der Waals surface area contributed by atoms with Gasteiger partial charge in [0, 0.05) is 13.7 Å². The molecule has 0 rings (SSSR count). The van der Waals surface area contributed by atoms with Crippen LogP contribution in [0.2, 0.25) is 0 Å². The first-order chi connectivity index (χ1) is 6.09. The Morgan fingerprint density at radius 2 is 2.00 bits per heavy atom. The van der Waals surface area contributed by atoms with Crippen molar-refractivity contribution >= 4 is 11.8 Å². The van der Waals surface area contributed by atoms with Crippen molar-refractivity contribution < 1.29 is 19.4 Å². The number of methoxy groups -OCH3 is 1. The van der Waals surface area contributed by atoms with Gasteiger partial charge in [0.25, 0.3) is 0 Å². The van der Waals surface area contributed by atoms with Crippen molar-refractivity contribution in [2.75, 3.05) is 13.7 Å². The number of ether oxygens (including phenoxy) is 1. The molecule has 13 heavy (non-hydrogen) atoms. The molecule has 0 aliphatic heterocycles. The van der Waals surface area contributed by atoms with Crippen molar-refractivity contribution in [1.29, 1.82) is 0 Å². The average molecular weight is 188 g/mol. The second kappa shape index (κ2) is 6.60. The molecule has 0 aromatic heterocycles. The van der Waals surface area contributed by atoms with Gasteiger partial charge in [0.15, 0.2) is 0 Å². The zero-order valence-corrected chi connectivity index (χ0v) is 8.08. The third-order valence-corrected chi connectivity index (χ3v) is 1.88. The molecule has 1 N–H and O–H groups in total. The number of rotatable bonds is 7. The monoisotopic (exact) mass is 188 g/mol. The Kier molecular flexibility index (Phi) is 6.14. The largest absolute Gasteiger partial charge is 0.481 e. The number of hydrogen-bond donors (Lipinski definition) is 1. The molecule has 0 fully saturated rings. The van der Waals surface area contributed by atoms with Gasteiger partial charge < -0.3 is 9.84 Å². The maximum absolute atomic E-state index is 10.8. The van der Waals surface area contributed by atoms with E-state index in [0.29, 0.717) is 19.4 Å². The van der Waals surface area contributed by atoms with Gasteiger partial charge in [-0.2, -0.15) is 0 Å². The number of carboxylic acid groups (broad SMARTS) is 1. The predicted octanol–water partition coefficient (Wildman–Crippen LogP) is 1.09. The molecule has 0 spiro atoms. The van der Waals surface area contributed by atoms with Gasteiger partial charge in [0.05, 0.1) is 0 Å². The van der Waals surface area contributed by atoms with Gasteiger partial charge >= 0.3 is 5.97 Å². The van der Waals surface area contributed by atoms with Crippen LogP contribution in [0, 0.1) is 5.92 Å². The smallest absolute Gasteiger partial charge is 0.314 e. The van der Waals surface area contributed by atoms with E-state index in [0.717, 1.165) is 6.42 Å². The highest BCUT2D eigenvalue weighted by Gasteiger charge is 2.21. The lowest BCUT2D eigenvalue weighted by Crippen LogP contribution is -2.21. The van der Waals surface area contributed by atoms with Crippen LogP contribution in [0.3, 0.4) is 0 Å². The molecular weight excluding hydrogens is 172 g/mol. The topological polar surface area (TPSA) is 63.6 Å². The minimum absolute atomic E-state index is 0.273. The van der Waals surface area contributed by atoms with Crippen LogP contribution in [0.4, 0.5) is 0 Å². The summed E-state index contributed by atoms with van der Waals surface area (Å²) in [6.45, 7) is 1.93. The van der Waals surface area contributed by atoms with Crippen molar-refractivity contribution in [3.63, 3.8) is 0 Å². The Bertz CT molecular complexity index is 162. The predicted molar refractivity (Wildman–Crippen MR) is 47.5 cm³/mol. The second-order valence-electron chi connectivity index (χ2n) is 2.99. The molecule has 0 heterocycles. The van der Waals surface area contributed by atoms with Crippen LogP contribution in [0.25, 0.3) is 0 Å². The van der Waals surface area contributed by atoms with Crippen LogP contribution >= 0.6 is 0 Å². The molecule has 0 saturated carbocycles. The summed E-state index contributed by atoms with van der Waals surface area (Å²) in [6.07, 6.45) is 1.92. The molecule has 0 aromatic carbocycles. The Morgan fingerprint density at radius 3 is 2.38 bits per heavy atom. The standard InChI is InChI=1S/C9H16O4/c1-7(10)8(9(11)12)5-3-4-6-13-2/h8H,3-6H2,1-2H3,(H,11,12). The number of Topliss-reactive ketones (excluding diaryl/α,β-unsaturated/α-hetero) is 1. The Morgan fingerprint density at radius 1 is 1.38 bits per heavy atom. The molecule has 1 atom stereocenters. The maximum Gasteiger partial charge on any atom is 0.314 e. The molecule has 0 aromatic rings. The van der Waals surface area contributed by atoms with Crippen molar-refractivity contribution in [1.82, 2.24) is 0 Å². The van der Waals surface area contributed by atoms with Crippen molar-refractivity contribution in [3.8, 4) is 0 Å². The van der Waals surface area contributed by atoms with Crippen molar-refractivity contribution in [2.45, 2.75) is 26.2 Å². The third kappa shape index (κ3) is 5.36. The summed E-state index contributed by atoms with van der Waals surface area (Å²) in [5.41, 5.74) is 0. The average Bonchev–Trinajstić information content (AvgIpc) is 2.02. The number of carbonyl (C=O) groups excluding carboxylic acids is 1. The summed E-state index contributed by atoms with van der Waals surface area (Å²) < 4.78 is 4.81. The first-order valence-corrected chi connectivity index (χ1v) is 4.31. The Hall–Kier alpha value is -0.900. The number of carbonyl (C=O) groups is 2. The van der Waals surface area contributed by atoms with E-state index in [2.05, 4.69) is 0 Å². The van der Waals surface area contributed by atoms with Gasteiger partial charge in [-0.15, -0.1) is 0 Å². The summed E-state index contributed by atoms with van der Waals surface area (Å²) >= 11 is 0. The number of hydrogen-bond acceptors (Lipinski definition) is 3. The summed E-state index contributed by atoms with van der Waals surface area (Å²) in [7, 11) is 1.60. The summed E-state index contributed by atoms with van der Waals surface area (Å²) in [5.74, 6) is -2.13. The zero-order chi connectivity index (χ0) is 10.3. The van der Waals surface area contributed by atoms with Crippen molar-refractivity contribution in [3.05, 3.63) is 0 Å². The molecule has 4 nitrogen and oxygen atoms in total. The fraction of sp³-hybridized carbons (Fsp3) is 0.778. The summed E-state index contributed by atoms with van der Waals surface area (Å²) in [4.78, 5) is 21.4. The fourth-order valence-corrected chi connectivity index (χ4v) is 1.10. The lowest BCUT2D eigenvalue weighted by atomic mass is 9.98. The molecule has 0 amide bonds. The highest BCUT2D eigenvalue weighted by atomic mass is 16.5. The van der Waals surface area contributed by atoms with Crippen LogP contribution in [-0.4, -0.2) is 30.6 Å². The highest BCUT2D eigenvalue weighted by molar-refractivity contribution is 5.96. The first kappa shape index (κ1) is 12.1. The minimum Gasteiger partial charge on any atom is -0.481 e. The minimum atomic E-state index is -1.02. The Labute approximate surface area is 77.9 Å². The number of unbranched alkanes of at least 4 members (excludes halogenated alkanes) is 1. The maximum atomic E-state index is 10.8. The fourth-order valence-electron chi connectivity index (χ4n) is 1.10. The summed E-state index contributed by atoms with van der Waals surface area (Å²) in [5, 5.41) is 8.65. The molecule has 4 heteroatoms. The molecule has 0 bridgehead atoms. The number of ketones is 1. The number of carboxylic acids is 1. The number of aliphatic carboxylic acids is 1. The van der Waals surface area contributed by atoms with E-state index in [1.807, 2.05) is 0 Å².